The van der Waals surface area contributed by atoms with Crippen molar-refractivity contribution >= 4 is 0 Å². The molecule has 0 aliphatic heterocycles. The summed E-state index contributed by atoms with van der Waals surface area (Å²) in [4.78, 5) is 0. The van der Waals surface area contributed by atoms with Gasteiger partial charge in [0.2, 0.25) is 0 Å². The van der Waals surface area contributed by atoms with Crippen LogP contribution in [0.3, 0.4) is 0 Å². The second-order valence-corrected chi connectivity index (χ2v) is 4.65. The minimum atomic E-state index is -0.890. The lowest BCUT2D eigenvalue weighted by molar-refractivity contribution is -0.120. The first-order chi connectivity index (χ1) is 8.56. The van der Waals surface area contributed by atoms with Gasteiger partial charge in [-0.2, -0.15) is 0 Å². The van der Waals surface area contributed by atoms with Gasteiger partial charge in [0, 0.05) is 12.5 Å². The van der Waals surface area contributed by atoms with Gasteiger partial charge >= 0.3 is 0 Å². The van der Waals surface area contributed by atoms with Crippen molar-refractivity contribution in [3.05, 3.63) is 35.9 Å². The second kappa shape index (κ2) is 7.48. The third-order valence-corrected chi connectivity index (χ3v) is 2.97. The van der Waals surface area contributed by atoms with Gasteiger partial charge in [-0.25, -0.2) is 0 Å². The summed E-state index contributed by atoms with van der Waals surface area (Å²) in [6.45, 7) is 3.47. The molecule has 0 saturated heterocycles. The van der Waals surface area contributed by atoms with E-state index < -0.39 is 18.3 Å². The minimum absolute atomic E-state index is 0.140. The SMILES string of the molecule is CC(O)C(OCc1ccccc1)C(O)C(C)CO. The Morgan fingerprint density at radius 2 is 1.72 bits per heavy atom. The number of hydrogen-bond acceptors (Lipinski definition) is 4. The maximum Gasteiger partial charge on any atom is 0.110 e. The Labute approximate surface area is 108 Å². The first kappa shape index (κ1) is 15.1. The van der Waals surface area contributed by atoms with Crippen molar-refractivity contribution in [2.75, 3.05) is 6.61 Å². The molecule has 102 valence electrons. The van der Waals surface area contributed by atoms with E-state index in [0.29, 0.717) is 6.61 Å². The maximum absolute atomic E-state index is 9.98. The van der Waals surface area contributed by atoms with Crippen LogP contribution in [0.25, 0.3) is 0 Å². The molecule has 0 heterocycles. The molecule has 4 heteroatoms. The highest BCUT2D eigenvalue weighted by atomic mass is 16.5. The van der Waals surface area contributed by atoms with E-state index in [1.54, 1.807) is 13.8 Å². The van der Waals surface area contributed by atoms with Crippen molar-refractivity contribution in [1.82, 2.24) is 0 Å². The monoisotopic (exact) mass is 254 g/mol. The van der Waals surface area contributed by atoms with Gasteiger partial charge in [-0.15, -0.1) is 0 Å². The number of ether oxygens (including phenoxy) is 1. The Balaban J connectivity index is 2.58. The standard InChI is InChI=1S/C14H22O4/c1-10(8-15)13(17)14(11(2)16)18-9-12-6-4-3-5-7-12/h3-7,10-11,13-17H,8-9H2,1-2H3. The fourth-order valence-electron chi connectivity index (χ4n) is 1.72. The Morgan fingerprint density at radius 3 is 2.22 bits per heavy atom. The van der Waals surface area contributed by atoms with Gasteiger partial charge in [0.15, 0.2) is 0 Å². The van der Waals surface area contributed by atoms with Gasteiger partial charge in [-0.05, 0) is 12.5 Å². The summed E-state index contributed by atoms with van der Waals surface area (Å²) in [7, 11) is 0. The van der Waals surface area contributed by atoms with Crippen LogP contribution in [-0.2, 0) is 11.3 Å². The summed E-state index contributed by atoms with van der Waals surface area (Å²) in [5, 5.41) is 28.6. The zero-order valence-electron chi connectivity index (χ0n) is 10.9. The molecule has 1 aromatic rings. The normalized spacial score (nSPS) is 18.1. The van der Waals surface area contributed by atoms with Crippen LogP contribution in [0.2, 0.25) is 0 Å². The molecule has 4 unspecified atom stereocenters. The van der Waals surface area contributed by atoms with Crippen molar-refractivity contribution in [3.63, 3.8) is 0 Å². The molecule has 0 saturated carbocycles. The smallest absolute Gasteiger partial charge is 0.110 e. The fourth-order valence-corrected chi connectivity index (χ4v) is 1.72. The summed E-state index contributed by atoms with van der Waals surface area (Å²) in [5.74, 6) is -0.333. The molecule has 4 nitrogen and oxygen atoms in total. The number of aliphatic hydroxyl groups excluding tert-OH is 3. The maximum atomic E-state index is 9.98. The highest BCUT2D eigenvalue weighted by molar-refractivity contribution is 5.13. The lowest BCUT2D eigenvalue weighted by Crippen LogP contribution is -2.42. The van der Waals surface area contributed by atoms with Crippen LogP contribution in [0.1, 0.15) is 19.4 Å². The fraction of sp³-hybridized carbons (Fsp3) is 0.571. The largest absolute Gasteiger partial charge is 0.396 e. The molecular weight excluding hydrogens is 232 g/mol. The summed E-state index contributed by atoms with van der Waals surface area (Å²) >= 11 is 0. The van der Waals surface area contributed by atoms with Gasteiger partial charge < -0.3 is 20.1 Å². The predicted molar refractivity (Wildman–Crippen MR) is 69.0 cm³/mol. The molecule has 0 aromatic heterocycles. The number of aliphatic hydroxyl groups is 3. The summed E-state index contributed by atoms with van der Waals surface area (Å²) in [5.41, 5.74) is 0.979. The number of benzene rings is 1. The molecule has 4 atom stereocenters. The zero-order chi connectivity index (χ0) is 13.5. The highest BCUT2D eigenvalue weighted by Crippen LogP contribution is 2.15. The Bertz CT molecular complexity index is 326. The first-order valence-corrected chi connectivity index (χ1v) is 6.18. The average Bonchev–Trinajstić information content (AvgIpc) is 2.38. The molecule has 0 aliphatic carbocycles. The first-order valence-electron chi connectivity index (χ1n) is 6.18. The van der Waals surface area contributed by atoms with Crippen LogP contribution in [-0.4, -0.2) is 40.2 Å². The van der Waals surface area contributed by atoms with E-state index >= 15 is 0 Å². The molecule has 18 heavy (non-hydrogen) atoms. The van der Waals surface area contributed by atoms with Gasteiger partial charge in [0.1, 0.15) is 6.10 Å². The van der Waals surface area contributed by atoms with Gasteiger partial charge in [-0.1, -0.05) is 37.3 Å². The number of hydrogen-bond donors (Lipinski definition) is 3. The lowest BCUT2D eigenvalue weighted by atomic mass is 9.97. The van der Waals surface area contributed by atoms with Crippen LogP contribution >= 0.6 is 0 Å². The molecule has 0 fully saturated rings. The summed E-state index contributed by atoms with van der Waals surface area (Å²) in [6, 6.07) is 9.56. The predicted octanol–water partition coefficient (Wildman–Crippen LogP) is 0.942. The van der Waals surface area contributed by atoms with Gasteiger partial charge in [-0.3, -0.25) is 0 Å². The second-order valence-electron chi connectivity index (χ2n) is 4.65. The Morgan fingerprint density at radius 1 is 1.11 bits per heavy atom. The third-order valence-electron chi connectivity index (χ3n) is 2.97. The molecule has 1 rings (SSSR count). The van der Waals surface area contributed by atoms with E-state index in [-0.39, 0.29) is 12.5 Å². The number of rotatable bonds is 7. The Kier molecular flexibility index (Phi) is 6.29. The molecule has 0 spiro atoms. The zero-order valence-corrected chi connectivity index (χ0v) is 10.9. The van der Waals surface area contributed by atoms with Gasteiger partial charge in [0.05, 0.1) is 18.8 Å². The van der Waals surface area contributed by atoms with Crippen molar-refractivity contribution < 1.29 is 20.1 Å². The Hall–Kier alpha value is -0.940. The van der Waals surface area contributed by atoms with E-state index in [0.717, 1.165) is 5.56 Å². The molecular formula is C14H22O4. The van der Waals surface area contributed by atoms with Crippen LogP contribution in [0.5, 0.6) is 0 Å². The minimum Gasteiger partial charge on any atom is -0.396 e. The lowest BCUT2D eigenvalue weighted by Gasteiger charge is -2.29. The van der Waals surface area contributed by atoms with E-state index in [1.165, 1.54) is 0 Å². The van der Waals surface area contributed by atoms with E-state index in [1.807, 2.05) is 30.3 Å². The van der Waals surface area contributed by atoms with Crippen molar-refractivity contribution in [1.29, 1.82) is 0 Å². The highest BCUT2D eigenvalue weighted by Gasteiger charge is 2.29. The molecule has 3 N–H and O–H groups in total. The topological polar surface area (TPSA) is 69.9 Å². The van der Waals surface area contributed by atoms with Crippen molar-refractivity contribution in [2.24, 2.45) is 5.92 Å². The molecule has 0 amide bonds. The summed E-state index contributed by atoms with van der Waals surface area (Å²) in [6.07, 6.45) is -2.39. The summed E-state index contributed by atoms with van der Waals surface area (Å²) < 4.78 is 5.56. The van der Waals surface area contributed by atoms with Crippen LogP contribution in [0, 0.1) is 5.92 Å². The van der Waals surface area contributed by atoms with E-state index in [2.05, 4.69) is 0 Å². The van der Waals surface area contributed by atoms with Gasteiger partial charge in [0.25, 0.3) is 0 Å². The van der Waals surface area contributed by atoms with Crippen LogP contribution in [0.15, 0.2) is 30.3 Å². The van der Waals surface area contributed by atoms with Crippen LogP contribution < -0.4 is 0 Å². The average molecular weight is 254 g/mol. The van der Waals surface area contributed by atoms with Crippen molar-refractivity contribution in [3.8, 4) is 0 Å². The molecule has 0 bridgehead atoms. The van der Waals surface area contributed by atoms with Crippen LogP contribution in [0.4, 0.5) is 0 Å². The van der Waals surface area contributed by atoms with Crippen molar-refractivity contribution in [2.45, 2.75) is 38.8 Å². The third kappa shape index (κ3) is 4.38. The quantitative estimate of drug-likeness (QED) is 0.677. The molecule has 0 radical (unpaired) electrons. The molecule has 1 aromatic carbocycles. The van der Waals surface area contributed by atoms with E-state index in [9.17, 15) is 10.2 Å². The molecule has 0 aliphatic rings. The van der Waals surface area contributed by atoms with E-state index in [4.69, 9.17) is 9.84 Å².